The summed E-state index contributed by atoms with van der Waals surface area (Å²) in [5.41, 5.74) is 0.178. The molecule has 0 amide bonds. The minimum absolute atomic E-state index is 0.162. The van der Waals surface area contributed by atoms with Crippen molar-refractivity contribution in [1.82, 2.24) is 24.1 Å². The van der Waals surface area contributed by atoms with Crippen LogP contribution in [0.3, 0.4) is 0 Å². The molecule has 0 aromatic carbocycles. The van der Waals surface area contributed by atoms with Crippen LogP contribution in [0.5, 0.6) is 0 Å². The molecule has 0 aliphatic carbocycles. The molecule has 3 aromatic rings. The Hall–Kier alpha value is -3.34. The number of rotatable bonds is 3. The first-order valence-corrected chi connectivity index (χ1v) is 6.84. The normalized spacial score (nSPS) is 10.7. The van der Waals surface area contributed by atoms with Gasteiger partial charge < -0.3 is 5.32 Å². The van der Waals surface area contributed by atoms with Gasteiger partial charge in [-0.25, -0.2) is 14.8 Å². The van der Waals surface area contributed by atoms with Crippen LogP contribution in [0.15, 0.2) is 27.9 Å². The van der Waals surface area contributed by atoms with E-state index < -0.39 is 11.2 Å². The van der Waals surface area contributed by atoms with Gasteiger partial charge in [-0.15, -0.1) is 6.42 Å². The molecule has 116 valence electrons. The van der Waals surface area contributed by atoms with E-state index >= 15 is 0 Å². The van der Waals surface area contributed by atoms with Gasteiger partial charge in [-0.05, 0) is 12.1 Å². The number of aryl methyl sites for hydroxylation is 1. The average Bonchev–Trinajstić information content (AvgIpc) is 2.93. The Morgan fingerprint density at radius 1 is 1.39 bits per heavy atom. The summed E-state index contributed by atoms with van der Waals surface area (Å²) >= 11 is 0. The zero-order chi connectivity index (χ0) is 16.6. The summed E-state index contributed by atoms with van der Waals surface area (Å²) in [6, 6.07) is 3.61. The highest BCUT2D eigenvalue weighted by Crippen LogP contribution is 2.22. The van der Waals surface area contributed by atoms with Crippen LogP contribution in [0.25, 0.3) is 22.6 Å². The van der Waals surface area contributed by atoms with E-state index in [2.05, 4.69) is 26.2 Å². The molecule has 3 heterocycles. The van der Waals surface area contributed by atoms with Crippen molar-refractivity contribution < 1.29 is 0 Å². The number of aromatic amines is 1. The highest BCUT2D eigenvalue weighted by Gasteiger charge is 2.18. The van der Waals surface area contributed by atoms with Crippen LogP contribution in [0.4, 0.5) is 5.82 Å². The molecule has 0 unspecified atom stereocenters. The van der Waals surface area contributed by atoms with Crippen molar-refractivity contribution in [3.8, 4) is 23.7 Å². The lowest BCUT2D eigenvalue weighted by molar-refractivity contribution is 0.776. The Labute approximate surface area is 130 Å². The van der Waals surface area contributed by atoms with Gasteiger partial charge in [0, 0.05) is 25.9 Å². The van der Waals surface area contributed by atoms with Crippen molar-refractivity contribution in [3.63, 3.8) is 0 Å². The van der Waals surface area contributed by atoms with Crippen LogP contribution in [0, 0.1) is 12.3 Å². The van der Waals surface area contributed by atoms with Gasteiger partial charge in [0.25, 0.3) is 5.56 Å². The van der Waals surface area contributed by atoms with E-state index in [1.165, 1.54) is 4.57 Å². The molecule has 0 atom stereocenters. The summed E-state index contributed by atoms with van der Waals surface area (Å²) < 4.78 is 2.97. The fraction of sp³-hybridized carbons (Fsp3) is 0.200. The summed E-state index contributed by atoms with van der Waals surface area (Å²) in [5.74, 6) is 3.72. The number of imidazole rings is 1. The number of fused-ring (bicyclic) bond motifs is 1. The predicted molar refractivity (Wildman–Crippen MR) is 87.2 cm³/mol. The zero-order valence-corrected chi connectivity index (χ0v) is 12.6. The number of nitrogens with zero attached hydrogens (tertiary/aromatic N) is 4. The Balaban J connectivity index is 2.36. The minimum Gasteiger partial charge on any atom is -0.373 e. The second kappa shape index (κ2) is 5.46. The van der Waals surface area contributed by atoms with Gasteiger partial charge in [-0.3, -0.25) is 18.9 Å². The second-order valence-corrected chi connectivity index (χ2v) is 4.90. The molecule has 0 aliphatic heterocycles. The maximum atomic E-state index is 12.0. The lowest BCUT2D eigenvalue weighted by atomic mass is 10.2. The Kier molecular flexibility index (Phi) is 3.46. The van der Waals surface area contributed by atoms with Gasteiger partial charge in [0.1, 0.15) is 11.6 Å². The van der Waals surface area contributed by atoms with Gasteiger partial charge in [-0.1, -0.05) is 5.92 Å². The smallest absolute Gasteiger partial charge is 0.329 e. The molecule has 8 heteroatoms. The molecule has 3 aromatic heterocycles. The van der Waals surface area contributed by atoms with Crippen LogP contribution in [0.2, 0.25) is 0 Å². The molecule has 0 radical (unpaired) electrons. The highest BCUT2D eigenvalue weighted by molar-refractivity contribution is 5.77. The van der Waals surface area contributed by atoms with Crippen LogP contribution in [0.1, 0.15) is 0 Å². The largest absolute Gasteiger partial charge is 0.373 e. The highest BCUT2D eigenvalue weighted by atomic mass is 16.2. The first-order valence-electron chi connectivity index (χ1n) is 6.84. The van der Waals surface area contributed by atoms with Crippen molar-refractivity contribution in [1.29, 1.82) is 0 Å². The first-order chi connectivity index (χ1) is 11.1. The quantitative estimate of drug-likeness (QED) is 0.672. The second-order valence-electron chi connectivity index (χ2n) is 4.90. The molecule has 0 bridgehead atoms. The van der Waals surface area contributed by atoms with E-state index in [9.17, 15) is 9.59 Å². The predicted octanol–water partition coefficient (Wildman–Crippen LogP) is 0.160. The fourth-order valence-electron chi connectivity index (χ4n) is 2.41. The van der Waals surface area contributed by atoms with E-state index in [0.717, 1.165) is 0 Å². The van der Waals surface area contributed by atoms with Crippen LogP contribution < -0.4 is 16.6 Å². The van der Waals surface area contributed by atoms with Gasteiger partial charge >= 0.3 is 5.69 Å². The van der Waals surface area contributed by atoms with Crippen molar-refractivity contribution >= 4 is 17.0 Å². The maximum absolute atomic E-state index is 12.0. The van der Waals surface area contributed by atoms with Crippen LogP contribution in [-0.4, -0.2) is 31.1 Å². The van der Waals surface area contributed by atoms with Crippen LogP contribution in [-0.2, 0) is 13.6 Å². The molecule has 0 fully saturated rings. The first kappa shape index (κ1) is 14.6. The standard InChI is InChI=1S/C15H14N6O2/c1-4-7-21-12(9-5-6-10(16-2)17-8-9)18-11-13(22)19-15(23)20(3)14(11)21/h1,5-6,8H,7H2,2-3H3,(H,16,17)(H,19,22,23). The van der Waals surface area contributed by atoms with E-state index in [4.69, 9.17) is 6.42 Å². The lowest BCUT2D eigenvalue weighted by Crippen LogP contribution is -2.29. The van der Waals surface area contributed by atoms with Gasteiger partial charge in [0.05, 0.1) is 6.54 Å². The van der Waals surface area contributed by atoms with Crippen LogP contribution >= 0.6 is 0 Å². The van der Waals surface area contributed by atoms with E-state index in [-0.39, 0.29) is 12.1 Å². The monoisotopic (exact) mass is 310 g/mol. The van der Waals surface area contributed by atoms with Gasteiger partial charge in [0.2, 0.25) is 0 Å². The molecule has 2 N–H and O–H groups in total. The SMILES string of the molecule is C#CCn1c(-c2ccc(NC)nc2)nc2c(=O)[nH]c(=O)n(C)c21. The molecule has 23 heavy (non-hydrogen) atoms. The summed E-state index contributed by atoms with van der Waals surface area (Å²) in [4.78, 5) is 34.7. The van der Waals surface area contributed by atoms with Crippen molar-refractivity contribution in [2.75, 3.05) is 12.4 Å². The Bertz CT molecular complexity index is 1030. The molecule has 8 nitrogen and oxygen atoms in total. The van der Waals surface area contributed by atoms with Crippen molar-refractivity contribution in [2.24, 2.45) is 7.05 Å². The number of aromatic nitrogens is 5. The average molecular weight is 310 g/mol. The van der Waals surface area contributed by atoms with E-state index in [0.29, 0.717) is 22.9 Å². The van der Waals surface area contributed by atoms with Crippen molar-refractivity contribution in [3.05, 3.63) is 39.2 Å². The third-order valence-electron chi connectivity index (χ3n) is 3.53. The summed E-state index contributed by atoms with van der Waals surface area (Å²) in [7, 11) is 3.33. The van der Waals surface area contributed by atoms with Gasteiger partial charge in [-0.2, -0.15) is 0 Å². The van der Waals surface area contributed by atoms with E-state index in [1.807, 2.05) is 6.07 Å². The van der Waals surface area contributed by atoms with Crippen molar-refractivity contribution in [2.45, 2.75) is 6.54 Å². The maximum Gasteiger partial charge on any atom is 0.329 e. The Morgan fingerprint density at radius 3 is 2.78 bits per heavy atom. The Morgan fingerprint density at radius 2 is 2.17 bits per heavy atom. The number of H-pyrrole nitrogens is 1. The summed E-state index contributed by atoms with van der Waals surface area (Å²) in [5, 5.41) is 2.93. The lowest BCUT2D eigenvalue weighted by Gasteiger charge is -2.07. The third kappa shape index (κ3) is 2.28. The molecule has 3 rings (SSSR count). The zero-order valence-electron chi connectivity index (χ0n) is 12.6. The summed E-state index contributed by atoms with van der Waals surface area (Å²) in [6.45, 7) is 0.177. The molecular formula is C15H14N6O2. The van der Waals surface area contributed by atoms with E-state index in [1.54, 1.807) is 30.9 Å². The number of anilines is 1. The molecule has 0 aliphatic rings. The van der Waals surface area contributed by atoms with Gasteiger partial charge in [0.15, 0.2) is 11.2 Å². The third-order valence-corrected chi connectivity index (χ3v) is 3.53. The molecular weight excluding hydrogens is 296 g/mol. The number of hydrogen-bond acceptors (Lipinski definition) is 5. The number of pyridine rings is 1. The number of nitrogens with one attached hydrogen (secondary N) is 2. The molecule has 0 spiro atoms. The molecule has 0 saturated heterocycles. The number of terminal acetylenes is 1. The number of hydrogen-bond donors (Lipinski definition) is 2. The fourth-order valence-corrected chi connectivity index (χ4v) is 2.41. The minimum atomic E-state index is -0.542. The molecule has 0 saturated carbocycles. The topological polar surface area (TPSA) is 97.6 Å². The summed E-state index contributed by atoms with van der Waals surface area (Å²) in [6.07, 6.45) is 7.06.